The second-order valence-corrected chi connectivity index (χ2v) is 7.01. The van der Waals surface area contributed by atoms with E-state index in [-0.39, 0.29) is 22.3 Å². The lowest BCUT2D eigenvalue weighted by Crippen LogP contribution is -2.18. The minimum Gasteiger partial charge on any atom is -0.455 e. The summed E-state index contributed by atoms with van der Waals surface area (Å²) in [5, 5.41) is 2.15. The van der Waals surface area contributed by atoms with Crippen LogP contribution in [0, 0.1) is 11.6 Å². The number of fused-ring (bicyclic) bond motifs is 1. The Kier molecular flexibility index (Phi) is 4.41. The number of amides is 1. The fourth-order valence-corrected chi connectivity index (χ4v) is 2.96. The Hall–Kier alpha value is -2.94. The topological polar surface area (TPSA) is 85.6 Å². The molecule has 0 bridgehead atoms. The van der Waals surface area contributed by atoms with Gasteiger partial charge in [-0.15, -0.1) is 0 Å². The zero-order valence-corrected chi connectivity index (χ0v) is 14.5. The summed E-state index contributed by atoms with van der Waals surface area (Å²) in [6, 6.07) is 7.48. The standard InChI is InChI=1S/C17H13F2NO5S/c1-20-17(21)14-13-11(7-8-12(15(13)19)25-26(2,22)23)24-16(14)9-3-5-10(18)6-4-9/h3-8H,1-2H3,(H,20,21). The van der Waals surface area contributed by atoms with E-state index in [9.17, 15) is 22.0 Å². The molecule has 26 heavy (non-hydrogen) atoms. The molecule has 9 heteroatoms. The predicted molar refractivity (Wildman–Crippen MR) is 90.4 cm³/mol. The molecule has 6 nitrogen and oxygen atoms in total. The minimum absolute atomic E-state index is 0.0151. The Morgan fingerprint density at radius 2 is 1.77 bits per heavy atom. The van der Waals surface area contributed by atoms with Crippen LogP contribution in [0.15, 0.2) is 40.8 Å². The molecule has 0 saturated heterocycles. The maximum absolute atomic E-state index is 14.9. The van der Waals surface area contributed by atoms with Gasteiger partial charge in [-0.2, -0.15) is 8.42 Å². The molecule has 3 aromatic rings. The van der Waals surface area contributed by atoms with Gasteiger partial charge >= 0.3 is 10.1 Å². The van der Waals surface area contributed by atoms with Crippen LogP contribution in [-0.4, -0.2) is 27.6 Å². The average molecular weight is 381 g/mol. The molecule has 1 N–H and O–H groups in total. The average Bonchev–Trinajstić information content (AvgIpc) is 2.96. The van der Waals surface area contributed by atoms with E-state index in [1.54, 1.807) is 0 Å². The summed E-state index contributed by atoms with van der Waals surface area (Å²) in [5.41, 5.74) is 0.220. The van der Waals surface area contributed by atoms with Crippen LogP contribution in [0.25, 0.3) is 22.3 Å². The monoisotopic (exact) mass is 381 g/mol. The lowest BCUT2D eigenvalue weighted by molar-refractivity contribution is 0.0964. The molecule has 0 aliphatic heterocycles. The first-order valence-electron chi connectivity index (χ1n) is 7.33. The Bertz CT molecular complexity index is 1100. The van der Waals surface area contributed by atoms with E-state index in [2.05, 4.69) is 9.50 Å². The highest BCUT2D eigenvalue weighted by atomic mass is 32.2. The third kappa shape index (κ3) is 3.25. The molecule has 0 fully saturated rings. The number of nitrogens with one attached hydrogen (secondary N) is 1. The van der Waals surface area contributed by atoms with Crippen molar-refractivity contribution >= 4 is 27.0 Å². The first kappa shape index (κ1) is 17.9. The minimum atomic E-state index is -3.97. The number of rotatable bonds is 4. The molecule has 0 unspecified atom stereocenters. The summed E-state index contributed by atoms with van der Waals surface area (Å²) in [6.07, 6.45) is 0.773. The van der Waals surface area contributed by atoms with Crippen molar-refractivity contribution in [1.29, 1.82) is 0 Å². The number of hydrogen-bond acceptors (Lipinski definition) is 5. The van der Waals surface area contributed by atoms with Crippen LogP contribution < -0.4 is 9.50 Å². The third-order valence-corrected chi connectivity index (χ3v) is 4.04. The molecule has 1 aromatic heterocycles. The van der Waals surface area contributed by atoms with E-state index < -0.39 is 33.4 Å². The van der Waals surface area contributed by atoms with Gasteiger partial charge < -0.3 is 13.9 Å². The van der Waals surface area contributed by atoms with Gasteiger partial charge in [0.1, 0.15) is 17.2 Å². The Labute approximate surface area is 147 Å². The van der Waals surface area contributed by atoms with Gasteiger partial charge in [-0.05, 0) is 36.4 Å². The van der Waals surface area contributed by atoms with E-state index in [0.717, 1.165) is 12.3 Å². The van der Waals surface area contributed by atoms with Gasteiger partial charge in [0, 0.05) is 12.6 Å². The first-order chi connectivity index (χ1) is 12.2. The van der Waals surface area contributed by atoms with Crippen LogP contribution in [0.2, 0.25) is 0 Å². The smallest absolute Gasteiger partial charge is 0.306 e. The summed E-state index contributed by atoms with van der Waals surface area (Å²) in [6.45, 7) is 0. The van der Waals surface area contributed by atoms with Crippen molar-refractivity contribution in [3.8, 4) is 17.1 Å². The van der Waals surface area contributed by atoms with E-state index >= 15 is 0 Å². The van der Waals surface area contributed by atoms with Crippen LogP contribution in [0.1, 0.15) is 10.4 Å². The van der Waals surface area contributed by atoms with Gasteiger partial charge in [0.25, 0.3) is 5.91 Å². The molecular formula is C17H13F2NO5S. The zero-order valence-electron chi connectivity index (χ0n) is 13.7. The van der Waals surface area contributed by atoms with Crippen molar-refractivity contribution < 1.29 is 30.6 Å². The molecule has 2 aromatic carbocycles. The third-order valence-electron chi connectivity index (χ3n) is 3.56. The van der Waals surface area contributed by atoms with E-state index in [0.29, 0.717) is 5.56 Å². The quantitative estimate of drug-likeness (QED) is 0.702. The summed E-state index contributed by atoms with van der Waals surface area (Å²) in [7, 11) is -2.62. The summed E-state index contributed by atoms with van der Waals surface area (Å²) >= 11 is 0. The molecule has 3 rings (SSSR count). The molecule has 0 aliphatic rings. The molecule has 0 atom stereocenters. The molecule has 0 aliphatic carbocycles. The van der Waals surface area contributed by atoms with Gasteiger partial charge in [-0.25, -0.2) is 8.78 Å². The summed E-state index contributed by atoms with van der Waals surface area (Å²) in [4.78, 5) is 12.3. The maximum Gasteiger partial charge on any atom is 0.306 e. The lowest BCUT2D eigenvalue weighted by Gasteiger charge is -2.06. The fraction of sp³-hybridized carbons (Fsp3) is 0.118. The zero-order chi connectivity index (χ0) is 19.1. The van der Waals surface area contributed by atoms with E-state index in [4.69, 9.17) is 4.42 Å². The molecule has 0 radical (unpaired) electrons. The van der Waals surface area contributed by atoms with Crippen LogP contribution >= 0.6 is 0 Å². The second-order valence-electron chi connectivity index (χ2n) is 5.43. The number of furan rings is 1. The SMILES string of the molecule is CNC(=O)c1c(-c2ccc(F)cc2)oc2ccc(OS(C)(=O)=O)c(F)c12. The van der Waals surface area contributed by atoms with Gasteiger partial charge in [-0.3, -0.25) is 4.79 Å². The van der Waals surface area contributed by atoms with Gasteiger partial charge in [0.15, 0.2) is 11.6 Å². The highest BCUT2D eigenvalue weighted by Crippen LogP contribution is 2.38. The highest BCUT2D eigenvalue weighted by Gasteiger charge is 2.26. The van der Waals surface area contributed by atoms with Crippen LogP contribution in [0.3, 0.4) is 0 Å². The predicted octanol–water partition coefficient (Wildman–Crippen LogP) is 3.08. The van der Waals surface area contributed by atoms with Gasteiger partial charge in [0.05, 0.1) is 17.2 Å². The largest absolute Gasteiger partial charge is 0.455 e. The molecule has 0 saturated carbocycles. The Balaban J connectivity index is 2.31. The van der Waals surface area contributed by atoms with Crippen molar-refractivity contribution in [1.82, 2.24) is 5.32 Å². The normalized spacial score (nSPS) is 11.5. The molecule has 136 valence electrons. The first-order valence-corrected chi connectivity index (χ1v) is 9.15. The second kappa shape index (κ2) is 6.41. The number of carbonyl (C=O) groups excluding carboxylic acids is 1. The number of hydrogen-bond donors (Lipinski definition) is 1. The van der Waals surface area contributed by atoms with Crippen LogP contribution in [0.4, 0.5) is 8.78 Å². The van der Waals surface area contributed by atoms with Gasteiger partial charge in [-0.1, -0.05) is 0 Å². The van der Waals surface area contributed by atoms with Crippen LogP contribution in [0.5, 0.6) is 5.75 Å². The van der Waals surface area contributed by atoms with E-state index in [1.165, 1.54) is 37.4 Å². The van der Waals surface area contributed by atoms with Crippen molar-refractivity contribution in [2.45, 2.75) is 0 Å². The number of benzene rings is 2. The fourth-order valence-electron chi connectivity index (χ4n) is 2.51. The summed E-state index contributed by atoms with van der Waals surface area (Å²) < 4.78 is 60.8. The molecular weight excluding hydrogens is 368 g/mol. The summed E-state index contributed by atoms with van der Waals surface area (Å²) in [5.74, 6) is -2.73. The molecule has 1 heterocycles. The highest BCUT2D eigenvalue weighted by molar-refractivity contribution is 7.86. The van der Waals surface area contributed by atoms with Crippen molar-refractivity contribution in [3.05, 3.63) is 53.6 Å². The van der Waals surface area contributed by atoms with E-state index in [1.807, 2.05) is 0 Å². The molecule has 1 amide bonds. The van der Waals surface area contributed by atoms with Crippen molar-refractivity contribution in [2.24, 2.45) is 0 Å². The Morgan fingerprint density at radius 1 is 1.12 bits per heavy atom. The van der Waals surface area contributed by atoms with Crippen LogP contribution in [-0.2, 0) is 10.1 Å². The van der Waals surface area contributed by atoms with Gasteiger partial charge in [0.2, 0.25) is 0 Å². The number of carbonyl (C=O) groups is 1. The Morgan fingerprint density at radius 3 is 2.35 bits per heavy atom. The van der Waals surface area contributed by atoms with Crippen molar-refractivity contribution in [2.75, 3.05) is 13.3 Å². The molecule has 0 spiro atoms. The lowest BCUT2D eigenvalue weighted by atomic mass is 10.0. The maximum atomic E-state index is 14.9. The van der Waals surface area contributed by atoms with Crippen molar-refractivity contribution in [3.63, 3.8) is 0 Å². The number of halogens is 2.